The van der Waals surface area contributed by atoms with Crippen LogP contribution >= 0.6 is 11.3 Å². The van der Waals surface area contributed by atoms with Gasteiger partial charge in [-0.15, -0.1) is 11.3 Å². The lowest BCUT2D eigenvalue weighted by atomic mass is 9.87. The monoisotopic (exact) mass is 625 g/mol. The Morgan fingerprint density at radius 1 is 1.09 bits per heavy atom. The zero-order valence-corrected chi connectivity index (χ0v) is 25.4. The van der Waals surface area contributed by atoms with Crippen molar-refractivity contribution in [1.29, 1.82) is 0 Å². The fraction of sp³-hybridized carbons (Fsp3) is 0.290. The molecule has 0 aliphatic carbocycles. The molecule has 4 heterocycles. The Morgan fingerprint density at radius 3 is 2.39 bits per heavy atom. The van der Waals surface area contributed by atoms with Gasteiger partial charge in [-0.3, -0.25) is 14.3 Å². The number of carbonyl (C=O) groups excluding carboxylic acids is 2. The highest BCUT2D eigenvalue weighted by Gasteiger charge is 2.35. The number of nitrogens with zero attached hydrogens (tertiary/aromatic N) is 3. The highest BCUT2D eigenvalue weighted by atomic mass is 32.1. The van der Waals surface area contributed by atoms with E-state index in [2.05, 4.69) is 36.2 Å². The molecule has 0 saturated heterocycles. The van der Waals surface area contributed by atoms with E-state index < -0.39 is 23.7 Å². The lowest BCUT2D eigenvalue weighted by Crippen LogP contribution is -2.16. The van der Waals surface area contributed by atoms with Gasteiger partial charge in [0.1, 0.15) is 33.5 Å². The van der Waals surface area contributed by atoms with Crippen LogP contribution in [0.5, 0.6) is 5.75 Å². The molecule has 0 aliphatic heterocycles. The van der Waals surface area contributed by atoms with Crippen LogP contribution in [0.2, 0.25) is 0 Å². The quantitative estimate of drug-likeness (QED) is 0.186. The average Bonchev–Trinajstić information content (AvgIpc) is 3.68. The van der Waals surface area contributed by atoms with Crippen molar-refractivity contribution in [2.45, 2.75) is 59.4 Å². The van der Waals surface area contributed by atoms with Crippen molar-refractivity contribution in [3.63, 3.8) is 0 Å². The van der Waals surface area contributed by atoms with E-state index in [1.165, 1.54) is 12.3 Å². The van der Waals surface area contributed by atoms with Crippen LogP contribution in [0.25, 0.3) is 21.3 Å². The number of rotatable bonds is 8. The standard InChI is InChI=1S/C31H30F3N5O4S/c1-6-39-16(2)21(14-36-39)20-13-23(31(32,33)34)37-29-24(20)25(26(44-29)27(35)40)38-28(41)22-12-11-19(43-22)15-42-18-9-7-17(8-10-18)30(3,4)5/h7-14H,6,15H2,1-5H3,(H2,35,40)(H,38,41). The highest BCUT2D eigenvalue weighted by Crippen LogP contribution is 2.44. The van der Waals surface area contributed by atoms with Gasteiger partial charge >= 0.3 is 6.18 Å². The summed E-state index contributed by atoms with van der Waals surface area (Å²) in [6.45, 7) is 10.4. The van der Waals surface area contributed by atoms with Crippen LogP contribution in [0.1, 0.15) is 70.6 Å². The van der Waals surface area contributed by atoms with Gasteiger partial charge in [-0.2, -0.15) is 18.3 Å². The van der Waals surface area contributed by atoms with E-state index in [-0.39, 0.29) is 44.1 Å². The number of thiophene rings is 1. The molecule has 0 bridgehead atoms. The van der Waals surface area contributed by atoms with Gasteiger partial charge in [0.15, 0.2) is 5.76 Å². The van der Waals surface area contributed by atoms with E-state index in [0.29, 0.717) is 40.6 Å². The maximum atomic E-state index is 13.9. The SMILES string of the molecule is CCn1ncc(-c2cc(C(F)(F)F)nc3sc(C(N)=O)c(NC(=O)c4ccc(COc5ccc(C(C)(C)C)cc5)o4)c23)c1C. The molecule has 1 aromatic carbocycles. The molecular weight excluding hydrogens is 595 g/mol. The van der Waals surface area contributed by atoms with E-state index in [1.807, 2.05) is 31.2 Å². The molecule has 3 N–H and O–H groups in total. The van der Waals surface area contributed by atoms with Gasteiger partial charge in [0.05, 0.1) is 11.9 Å². The first kappa shape index (κ1) is 30.8. The molecule has 2 amide bonds. The van der Waals surface area contributed by atoms with E-state index in [9.17, 15) is 22.8 Å². The average molecular weight is 626 g/mol. The van der Waals surface area contributed by atoms with Crippen molar-refractivity contribution >= 4 is 39.1 Å². The summed E-state index contributed by atoms with van der Waals surface area (Å²) in [5, 5.41) is 7.03. The number of anilines is 1. The van der Waals surface area contributed by atoms with Crippen LogP contribution in [0.4, 0.5) is 18.9 Å². The Kier molecular flexibility index (Phi) is 8.02. The first-order valence-electron chi connectivity index (χ1n) is 13.7. The van der Waals surface area contributed by atoms with Gasteiger partial charge in [-0.25, -0.2) is 4.98 Å². The van der Waals surface area contributed by atoms with E-state index in [1.54, 1.807) is 17.7 Å². The van der Waals surface area contributed by atoms with Crippen LogP contribution in [0, 0.1) is 6.92 Å². The highest BCUT2D eigenvalue weighted by molar-refractivity contribution is 7.21. The summed E-state index contributed by atoms with van der Waals surface area (Å²) in [6.07, 6.45) is -3.32. The molecule has 4 aromatic heterocycles. The zero-order chi connectivity index (χ0) is 32.0. The minimum absolute atomic E-state index is 0.00225. The topological polar surface area (TPSA) is 125 Å². The van der Waals surface area contributed by atoms with Gasteiger partial charge < -0.3 is 20.2 Å². The number of pyridine rings is 1. The summed E-state index contributed by atoms with van der Waals surface area (Å²) in [6, 6.07) is 11.6. The molecule has 13 heteroatoms. The number of halogens is 3. The predicted octanol–water partition coefficient (Wildman–Crippen LogP) is 7.33. The number of ether oxygens (including phenoxy) is 1. The van der Waals surface area contributed by atoms with Gasteiger partial charge in [-0.05, 0) is 60.7 Å². The number of nitrogens with two attached hydrogens (primary N) is 1. The number of benzene rings is 1. The minimum Gasteiger partial charge on any atom is -0.486 e. The largest absolute Gasteiger partial charge is 0.486 e. The third-order valence-electron chi connectivity index (χ3n) is 7.09. The maximum absolute atomic E-state index is 13.9. The second-order valence-electron chi connectivity index (χ2n) is 11.1. The molecular formula is C31H30F3N5O4S. The summed E-state index contributed by atoms with van der Waals surface area (Å²) < 4.78 is 54.7. The van der Waals surface area contributed by atoms with Gasteiger partial charge in [0.2, 0.25) is 0 Å². The number of amides is 2. The number of nitrogens with one attached hydrogen (secondary N) is 1. The fourth-order valence-electron chi connectivity index (χ4n) is 4.74. The number of primary amides is 1. The van der Waals surface area contributed by atoms with E-state index >= 15 is 0 Å². The first-order chi connectivity index (χ1) is 20.7. The Morgan fingerprint density at radius 2 is 1.80 bits per heavy atom. The third kappa shape index (κ3) is 6.05. The predicted molar refractivity (Wildman–Crippen MR) is 161 cm³/mol. The van der Waals surface area contributed by atoms with Crippen molar-refractivity contribution in [2.75, 3.05) is 5.32 Å². The molecule has 0 radical (unpaired) electrons. The molecule has 9 nitrogen and oxygen atoms in total. The van der Waals surface area contributed by atoms with Crippen molar-refractivity contribution in [3.8, 4) is 16.9 Å². The second kappa shape index (κ2) is 11.5. The lowest BCUT2D eigenvalue weighted by Gasteiger charge is -2.19. The number of aryl methyl sites for hydroxylation is 1. The Labute approximate surface area is 254 Å². The van der Waals surface area contributed by atoms with Gasteiger partial charge in [0.25, 0.3) is 11.8 Å². The zero-order valence-electron chi connectivity index (χ0n) is 24.6. The molecule has 0 saturated carbocycles. The Hall–Kier alpha value is -4.65. The van der Waals surface area contributed by atoms with Crippen LogP contribution in [0.15, 0.2) is 53.1 Å². The molecule has 230 valence electrons. The number of fused-ring (bicyclic) bond motifs is 1. The lowest BCUT2D eigenvalue weighted by molar-refractivity contribution is -0.140. The summed E-state index contributed by atoms with van der Waals surface area (Å²) in [5.41, 5.74) is 6.64. The second-order valence-corrected chi connectivity index (χ2v) is 12.1. The van der Waals surface area contributed by atoms with Crippen molar-refractivity contribution in [1.82, 2.24) is 14.8 Å². The normalized spacial score (nSPS) is 12.1. The smallest absolute Gasteiger partial charge is 0.433 e. The van der Waals surface area contributed by atoms with Crippen molar-refractivity contribution in [3.05, 3.63) is 82.0 Å². The van der Waals surface area contributed by atoms with Crippen molar-refractivity contribution in [2.24, 2.45) is 5.73 Å². The minimum atomic E-state index is -4.76. The summed E-state index contributed by atoms with van der Waals surface area (Å²) in [7, 11) is 0. The Bertz CT molecular complexity index is 1860. The maximum Gasteiger partial charge on any atom is 0.433 e. The summed E-state index contributed by atoms with van der Waals surface area (Å²) >= 11 is 0.662. The number of carbonyl (C=O) groups is 2. The molecule has 0 spiro atoms. The fourth-order valence-corrected chi connectivity index (χ4v) is 5.74. The van der Waals surface area contributed by atoms with E-state index in [4.69, 9.17) is 14.9 Å². The van der Waals surface area contributed by atoms with E-state index in [0.717, 1.165) is 11.6 Å². The molecule has 5 aromatic rings. The van der Waals surface area contributed by atoms with Crippen LogP contribution in [0.3, 0.4) is 0 Å². The number of alkyl halides is 3. The number of hydrogen-bond acceptors (Lipinski definition) is 7. The van der Waals surface area contributed by atoms with Crippen molar-refractivity contribution < 1.29 is 31.9 Å². The molecule has 44 heavy (non-hydrogen) atoms. The van der Waals surface area contributed by atoms with Gasteiger partial charge in [-0.1, -0.05) is 32.9 Å². The third-order valence-corrected chi connectivity index (χ3v) is 8.19. The number of aromatic nitrogens is 3. The number of hydrogen-bond donors (Lipinski definition) is 2. The van der Waals surface area contributed by atoms with Crippen LogP contribution in [-0.4, -0.2) is 26.6 Å². The molecule has 0 aliphatic rings. The molecule has 0 unspecified atom stereocenters. The number of furan rings is 1. The molecule has 0 atom stereocenters. The summed E-state index contributed by atoms with van der Waals surface area (Å²) in [4.78, 5) is 29.3. The Balaban J connectivity index is 1.47. The van der Waals surface area contributed by atoms with Gasteiger partial charge in [0, 0.05) is 23.2 Å². The first-order valence-corrected chi connectivity index (χ1v) is 14.5. The van der Waals surface area contributed by atoms with Crippen LogP contribution < -0.4 is 15.8 Å². The van der Waals surface area contributed by atoms with Crippen LogP contribution in [-0.2, 0) is 24.7 Å². The molecule has 5 rings (SSSR count). The summed E-state index contributed by atoms with van der Waals surface area (Å²) in [5.74, 6) is -0.788. The molecule has 0 fully saturated rings.